The number of aromatic nitrogens is 3. The summed E-state index contributed by atoms with van der Waals surface area (Å²) in [7, 11) is 0. The third-order valence-corrected chi connectivity index (χ3v) is 4.44. The molecule has 0 amide bonds. The lowest BCUT2D eigenvalue weighted by atomic mass is 10.1. The molecule has 0 fully saturated rings. The Bertz CT molecular complexity index is 1160. The zero-order valence-electron chi connectivity index (χ0n) is 16.7. The van der Waals surface area contributed by atoms with Crippen LogP contribution in [0.5, 0.6) is 5.75 Å². The molecule has 1 aromatic carbocycles. The number of alkyl halides is 3. The van der Waals surface area contributed by atoms with Crippen LogP contribution >= 0.6 is 0 Å². The number of nitrogens with one attached hydrogen (secondary N) is 2. The van der Waals surface area contributed by atoms with E-state index in [0.717, 1.165) is 18.2 Å². The molecule has 0 bridgehead atoms. The van der Waals surface area contributed by atoms with E-state index in [2.05, 4.69) is 30.6 Å². The molecule has 1 atom stereocenters. The summed E-state index contributed by atoms with van der Waals surface area (Å²) < 4.78 is 57.4. The minimum Gasteiger partial charge on any atom is -0.405 e. The first-order valence-corrected chi connectivity index (χ1v) is 9.22. The maximum Gasteiger partial charge on any atom is 0.573 e. The Kier molecular flexibility index (Phi) is 4.86. The molecule has 3 aromatic rings. The van der Waals surface area contributed by atoms with Gasteiger partial charge in [-0.05, 0) is 45.0 Å². The monoisotopic (exact) mass is 438 g/mol. The summed E-state index contributed by atoms with van der Waals surface area (Å²) in [6.45, 7) is 5.17. The quantitative estimate of drug-likeness (QED) is 0.587. The number of anilines is 1. The molecule has 0 aliphatic carbocycles. The number of benzene rings is 1. The summed E-state index contributed by atoms with van der Waals surface area (Å²) in [6, 6.07) is 3.66. The van der Waals surface area contributed by atoms with Crippen molar-refractivity contribution in [1.29, 1.82) is 0 Å². The Balaban J connectivity index is 1.62. The van der Waals surface area contributed by atoms with Gasteiger partial charge < -0.3 is 20.2 Å². The molecule has 0 saturated carbocycles. The standard InChI is InChI=1S/C19H18F4N6O2/c1-10(12-8-11(20)4-5-14(12)30-19(21,22)23)25-15-6-7-29-17(26-15)13(9-24-29)16-27-18(2,3)31-28-16/h4-10H,1-3H3,(H,25,26)(H,27,28). The normalized spacial score (nSPS) is 16.4. The molecule has 164 valence electrons. The fourth-order valence-electron chi connectivity index (χ4n) is 3.10. The fraction of sp³-hybridized carbons (Fsp3) is 0.316. The van der Waals surface area contributed by atoms with Crippen molar-refractivity contribution in [1.82, 2.24) is 19.9 Å². The lowest BCUT2D eigenvalue weighted by molar-refractivity contribution is -0.275. The molecular formula is C19H18F4N6O2. The molecule has 12 heteroatoms. The lowest BCUT2D eigenvalue weighted by Crippen LogP contribution is -2.38. The summed E-state index contributed by atoms with van der Waals surface area (Å²) in [5, 5.41) is 14.3. The van der Waals surface area contributed by atoms with Gasteiger partial charge in [0, 0.05) is 11.8 Å². The van der Waals surface area contributed by atoms with Gasteiger partial charge in [-0.1, -0.05) is 5.16 Å². The number of hydrogen-bond donors (Lipinski definition) is 2. The van der Waals surface area contributed by atoms with Gasteiger partial charge in [-0.2, -0.15) is 5.10 Å². The molecular weight excluding hydrogens is 420 g/mol. The average molecular weight is 438 g/mol. The summed E-state index contributed by atoms with van der Waals surface area (Å²) in [4.78, 5) is 9.77. The highest BCUT2D eigenvalue weighted by Gasteiger charge is 2.33. The minimum atomic E-state index is -4.90. The molecule has 1 aliphatic heterocycles. The lowest BCUT2D eigenvalue weighted by Gasteiger charge is -2.19. The van der Waals surface area contributed by atoms with Gasteiger partial charge in [0.2, 0.25) is 5.72 Å². The molecule has 31 heavy (non-hydrogen) atoms. The first-order chi connectivity index (χ1) is 14.5. The van der Waals surface area contributed by atoms with Crippen molar-refractivity contribution in [3.8, 4) is 5.75 Å². The summed E-state index contributed by atoms with van der Waals surface area (Å²) in [5.74, 6) is -0.400. The SMILES string of the molecule is CC(Nc1ccn2ncc(C3=NOC(C)(C)N3)c2n1)c1cc(F)ccc1OC(F)(F)F. The first-order valence-electron chi connectivity index (χ1n) is 9.22. The molecule has 0 saturated heterocycles. The van der Waals surface area contributed by atoms with Crippen LogP contribution in [0.1, 0.15) is 37.9 Å². The zero-order valence-corrected chi connectivity index (χ0v) is 16.7. The average Bonchev–Trinajstić information content (AvgIpc) is 3.24. The van der Waals surface area contributed by atoms with E-state index in [1.165, 1.54) is 4.52 Å². The Hall–Kier alpha value is -3.57. The van der Waals surface area contributed by atoms with Crippen LogP contribution in [0.4, 0.5) is 23.4 Å². The van der Waals surface area contributed by atoms with E-state index in [-0.39, 0.29) is 5.56 Å². The Morgan fingerprint density at radius 3 is 2.71 bits per heavy atom. The third-order valence-electron chi connectivity index (χ3n) is 4.44. The predicted molar refractivity (Wildman–Crippen MR) is 103 cm³/mol. The van der Waals surface area contributed by atoms with E-state index in [1.807, 2.05) is 0 Å². The van der Waals surface area contributed by atoms with Crippen molar-refractivity contribution in [3.63, 3.8) is 0 Å². The van der Waals surface area contributed by atoms with Crippen molar-refractivity contribution in [3.05, 3.63) is 53.6 Å². The van der Waals surface area contributed by atoms with Gasteiger partial charge >= 0.3 is 6.36 Å². The third kappa shape index (κ3) is 4.47. The van der Waals surface area contributed by atoms with Gasteiger partial charge in [-0.15, -0.1) is 13.2 Å². The summed E-state index contributed by atoms with van der Waals surface area (Å²) >= 11 is 0. The minimum absolute atomic E-state index is 0.00952. The first kappa shape index (κ1) is 20.7. The second-order valence-corrected chi connectivity index (χ2v) is 7.40. The summed E-state index contributed by atoms with van der Waals surface area (Å²) in [6.07, 6.45) is -1.71. The molecule has 4 rings (SSSR count). The van der Waals surface area contributed by atoms with Gasteiger partial charge in [0.25, 0.3) is 0 Å². The van der Waals surface area contributed by atoms with Crippen molar-refractivity contribution < 1.29 is 27.1 Å². The number of rotatable bonds is 5. The second-order valence-electron chi connectivity index (χ2n) is 7.40. The number of hydrogen-bond acceptors (Lipinski definition) is 7. The van der Waals surface area contributed by atoms with E-state index in [0.29, 0.717) is 22.9 Å². The van der Waals surface area contributed by atoms with Crippen LogP contribution in [0.2, 0.25) is 0 Å². The molecule has 2 aromatic heterocycles. The zero-order chi connectivity index (χ0) is 22.4. The van der Waals surface area contributed by atoms with Gasteiger partial charge in [0.15, 0.2) is 11.5 Å². The van der Waals surface area contributed by atoms with Crippen molar-refractivity contribution in [2.24, 2.45) is 5.16 Å². The molecule has 2 N–H and O–H groups in total. The van der Waals surface area contributed by atoms with E-state index in [1.54, 1.807) is 39.2 Å². The Morgan fingerprint density at radius 2 is 2.03 bits per heavy atom. The van der Waals surface area contributed by atoms with Gasteiger partial charge in [-0.3, -0.25) is 0 Å². The number of halogens is 4. The van der Waals surface area contributed by atoms with Gasteiger partial charge in [-0.25, -0.2) is 13.9 Å². The van der Waals surface area contributed by atoms with E-state index in [4.69, 9.17) is 4.84 Å². The van der Waals surface area contributed by atoms with Gasteiger partial charge in [0.1, 0.15) is 17.4 Å². The highest BCUT2D eigenvalue weighted by Crippen LogP contribution is 2.32. The smallest absolute Gasteiger partial charge is 0.405 e. The van der Waals surface area contributed by atoms with Crippen LogP contribution in [0, 0.1) is 5.82 Å². The van der Waals surface area contributed by atoms with Crippen LogP contribution in [0.25, 0.3) is 5.65 Å². The number of amidine groups is 1. The number of oxime groups is 1. The second kappa shape index (κ2) is 7.29. The van der Waals surface area contributed by atoms with Crippen LogP contribution in [-0.4, -0.2) is 32.5 Å². The maximum absolute atomic E-state index is 13.7. The number of ether oxygens (including phenoxy) is 1. The number of fused-ring (bicyclic) bond motifs is 1. The topological polar surface area (TPSA) is 85.1 Å². The molecule has 0 spiro atoms. The Morgan fingerprint density at radius 1 is 1.26 bits per heavy atom. The Labute approximate surface area is 173 Å². The van der Waals surface area contributed by atoms with Crippen LogP contribution in [0.15, 0.2) is 41.8 Å². The highest BCUT2D eigenvalue weighted by atomic mass is 19.4. The molecule has 8 nitrogen and oxygen atoms in total. The van der Waals surface area contributed by atoms with E-state index >= 15 is 0 Å². The maximum atomic E-state index is 13.7. The van der Waals surface area contributed by atoms with Crippen molar-refractivity contribution in [2.45, 2.75) is 38.9 Å². The van der Waals surface area contributed by atoms with Crippen molar-refractivity contribution in [2.75, 3.05) is 5.32 Å². The molecule has 1 aliphatic rings. The van der Waals surface area contributed by atoms with E-state index < -0.39 is 29.7 Å². The van der Waals surface area contributed by atoms with Crippen LogP contribution in [0.3, 0.4) is 0 Å². The van der Waals surface area contributed by atoms with Crippen molar-refractivity contribution >= 4 is 17.3 Å². The largest absolute Gasteiger partial charge is 0.573 e. The molecule has 1 unspecified atom stereocenters. The van der Waals surface area contributed by atoms with Gasteiger partial charge in [0.05, 0.1) is 17.8 Å². The summed E-state index contributed by atoms with van der Waals surface area (Å²) in [5.41, 5.74) is 0.328. The predicted octanol–water partition coefficient (Wildman–Crippen LogP) is 3.96. The highest BCUT2D eigenvalue weighted by molar-refractivity contribution is 6.04. The van der Waals surface area contributed by atoms with E-state index in [9.17, 15) is 17.6 Å². The number of nitrogens with zero attached hydrogens (tertiary/aromatic N) is 4. The van der Waals surface area contributed by atoms with Crippen LogP contribution < -0.4 is 15.4 Å². The van der Waals surface area contributed by atoms with Crippen LogP contribution in [-0.2, 0) is 4.84 Å². The molecule has 0 radical (unpaired) electrons. The molecule has 3 heterocycles. The fourth-order valence-corrected chi connectivity index (χ4v) is 3.10.